The van der Waals surface area contributed by atoms with E-state index < -0.39 is 0 Å². The Morgan fingerprint density at radius 2 is 1.85 bits per heavy atom. The maximum absolute atomic E-state index is 2.28. The Balaban J connectivity index is 0.000000845. The van der Waals surface area contributed by atoms with Gasteiger partial charge in [0.2, 0.25) is 0 Å². The molecular formula is C12H14Ir. The summed E-state index contributed by atoms with van der Waals surface area (Å²) in [6, 6.07) is 0. The third kappa shape index (κ3) is 2.10. The van der Waals surface area contributed by atoms with Gasteiger partial charge in [-0.3, -0.25) is 0 Å². The predicted molar refractivity (Wildman–Crippen MR) is 52.8 cm³/mol. The van der Waals surface area contributed by atoms with Crippen molar-refractivity contribution in [2.24, 2.45) is 5.41 Å². The zero-order valence-corrected chi connectivity index (χ0v) is 10.2. The molecule has 0 aromatic heterocycles. The van der Waals surface area contributed by atoms with Gasteiger partial charge >= 0.3 is 0 Å². The van der Waals surface area contributed by atoms with Crippen molar-refractivity contribution < 1.29 is 20.1 Å². The number of allylic oxidation sites excluding steroid dienone is 8. The Bertz CT molecular complexity index is 280. The molecule has 2 aliphatic rings. The molecule has 0 heterocycles. The van der Waals surface area contributed by atoms with Gasteiger partial charge in [0.1, 0.15) is 0 Å². The molecule has 1 radical (unpaired) electrons. The molecule has 0 unspecified atom stereocenters. The molecule has 0 fully saturated rings. The van der Waals surface area contributed by atoms with Crippen molar-refractivity contribution in [3.05, 3.63) is 48.1 Å². The van der Waals surface area contributed by atoms with Gasteiger partial charge in [-0.1, -0.05) is 48.1 Å². The van der Waals surface area contributed by atoms with E-state index in [0.29, 0.717) is 0 Å². The molecule has 71 valence electrons. The molecule has 0 saturated heterocycles. The molecule has 2 rings (SSSR count). The van der Waals surface area contributed by atoms with Crippen molar-refractivity contribution in [1.29, 1.82) is 0 Å². The van der Waals surface area contributed by atoms with Gasteiger partial charge < -0.3 is 0 Å². The van der Waals surface area contributed by atoms with Gasteiger partial charge in [-0.15, -0.1) is 0 Å². The van der Waals surface area contributed by atoms with Crippen molar-refractivity contribution in [1.82, 2.24) is 0 Å². The fraction of sp³-hybridized carbons (Fsp3) is 0.333. The first-order valence-electron chi connectivity index (χ1n) is 4.54. The SMILES string of the molecule is CC1(C2=CC=CCC2)C=CC=C1.[Ir]. The van der Waals surface area contributed by atoms with Crippen LogP contribution in [0.2, 0.25) is 0 Å². The zero-order chi connectivity index (χ0) is 8.44. The van der Waals surface area contributed by atoms with Crippen molar-refractivity contribution in [3.8, 4) is 0 Å². The minimum absolute atomic E-state index is 0. The van der Waals surface area contributed by atoms with E-state index in [0.717, 1.165) is 0 Å². The van der Waals surface area contributed by atoms with Crippen LogP contribution in [-0.2, 0) is 20.1 Å². The van der Waals surface area contributed by atoms with Crippen molar-refractivity contribution in [2.45, 2.75) is 19.8 Å². The van der Waals surface area contributed by atoms with E-state index in [1.165, 1.54) is 18.4 Å². The summed E-state index contributed by atoms with van der Waals surface area (Å²) in [5.74, 6) is 0. The number of hydrogen-bond acceptors (Lipinski definition) is 0. The van der Waals surface area contributed by atoms with E-state index in [4.69, 9.17) is 0 Å². The molecule has 0 aromatic carbocycles. The van der Waals surface area contributed by atoms with E-state index in [1.807, 2.05) is 0 Å². The third-order valence-electron chi connectivity index (χ3n) is 2.70. The maximum atomic E-state index is 2.28. The minimum Gasteiger partial charge on any atom is -0.0842 e. The summed E-state index contributed by atoms with van der Waals surface area (Å²) in [5.41, 5.74) is 1.75. The molecule has 0 bridgehead atoms. The summed E-state index contributed by atoms with van der Waals surface area (Å²) in [7, 11) is 0. The fourth-order valence-electron chi connectivity index (χ4n) is 1.83. The van der Waals surface area contributed by atoms with Gasteiger partial charge in [0, 0.05) is 25.5 Å². The van der Waals surface area contributed by atoms with Gasteiger partial charge in [0.05, 0.1) is 0 Å². The van der Waals surface area contributed by atoms with Crippen molar-refractivity contribution >= 4 is 0 Å². The number of rotatable bonds is 1. The van der Waals surface area contributed by atoms with Gasteiger partial charge in [0.15, 0.2) is 0 Å². The Morgan fingerprint density at radius 3 is 2.38 bits per heavy atom. The topological polar surface area (TPSA) is 0 Å². The second-order valence-corrected chi connectivity index (χ2v) is 3.66. The van der Waals surface area contributed by atoms with Crippen LogP contribution in [0.25, 0.3) is 0 Å². The maximum Gasteiger partial charge on any atom is 0.0252 e. The van der Waals surface area contributed by atoms with Crippen LogP contribution < -0.4 is 0 Å². The van der Waals surface area contributed by atoms with E-state index in [9.17, 15) is 0 Å². The zero-order valence-electron chi connectivity index (χ0n) is 7.79. The summed E-state index contributed by atoms with van der Waals surface area (Å²) in [6.07, 6.45) is 17.9. The molecule has 1 heteroatoms. The van der Waals surface area contributed by atoms with E-state index >= 15 is 0 Å². The van der Waals surface area contributed by atoms with E-state index in [1.54, 1.807) is 0 Å². The third-order valence-corrected chi connectivity index (χ3v) is 2.70. The van der Waals surface area contributed by atoms with Crippen molar-refractivity contribution in [3.63, 3.8) is 0 Å². The van der Waals surface area contributed by atoms with Crippen LogP contribution in [-0.4, -0.2) is 0 Å². The molecule has 0 saturated carbocycles. The molecule has 0 spiro atoms. The summed E-state index contributed by atoms with van der Waals surface area (Å²) >= 11 is 0. The van der Waals surface area contributed by atoms with Crippen LogP contribution in [0.15, 0.2) is 48.1 Å². The van der Waals surface area contributed by atoms with Crippen LogP contribution in [0, 0.1) is 5.41 Å². The summed E-state index contributed by atoms with van der Waals surface area (Å²) in [4.78, 5) is 0. The number of hydrogen-bond donors (Lipinski definition) is 0. The first-order chi connectivity index (χ1) is 5.81. The average molecular weight is 350 g/mol. The molecule has 0 aliphatic heterocycles. The summed E-state index contributed by atoms with van der Waals surface area (Å²) < 4.78 is 0. The van der Waals surface area contributed by atoms with Crippen molar-refractivity contribution in [2.75, 3.05) is 0 Å². The van der Waals surface area contributed by atoms with Crippen LogP contribution >= 0.6 is 0 Å². The molecule has 2 aliphatic carbocycles. The Kier molecular flexibility index (Phi) is 3.46. The van der Waals surface area contributed by atoms with E-state index in [2.05, 4.69) is 49.5 Å². The Labute approximate surface area is 93.5 Å². The molecule has 0 nitrogen and oxygen atoms in total. The summed E-state index contributed by atoms with van der Waals surface area (Å²) in [5, 5.41) is 0. The molecule has 0 amide bonds. The largest absolute Gasteiger partial charge is 0.0842 e. The standard InChI is InChI=1S/C12H14.Ir/c1-12(9-5-6-10-12)11-7-3-2-4-8-11;/h2-3,5-7,9-10H,4,8H2,1H3;. The first kappa shape index (κ1) is 10.7. The molecular weight excluding hydrogens is 336 g/mol. The van der Waals surface area contributed by atoms with Crippen LogP contribution in [0.1, 0.15) is 19.8 Å². The Hall–Kier alpha value is -0.391. The molecule has 0 N–H and O–H groups in total. The van der Waals surface area contributed by atoms with Crippen LogP contribution in [0.4, 0.5) is 0 Å². The predicted octanol–water partition coefficient (Wildman–Crippen LogP) is 3.39. The minimum atomic E-state index is 0. The normalized spacial score (nSPS) is 22.7. The average Bonchev–Trinajstić information content (AvgIpc) is 2.55. The molecule has 0 atom stereocenters. The van der Waals surface area contributed by atoms with Gasteiger partial charge in [-0.25, -0.2) is 0 Å². The fourth-order valence-corrected chi connectivity index (χ4v) is 1.83. The van der Waals surface area contributed by atoms with Gasteiger partial charge in [-0.05, 0) is 19.8 Å². The van der Waals surface area contributed by atoms with Crippen LogP contribution in [0.3, 0.4) is 0 Å². The Morgan fingerprint density at radius 1 is 1.15 bits per heavy atom. The molecule has 13 heavy (non-hydrogen) atoms. The molecule has 0 aromatic rings. The smallest absolute Gasteiger partial charge is 0.0252 e. The summed E-state index contributed by atoms with van der Waals surface area (Å²) in [6.45, 7) is 2.28. The van der Waals surface area contributed by atoms with Crippen LogP contribution in [0.5, 0.6) is 0 Å². The van der Waals surface area contributed by atoms with Gasteiger partial charge in [-0.2, -0.15) is 0 Å². The second kappa shape index (κ2) is 4.21. The monoisotopic (exact) mass is 351 g/mol. The quantitative estimate of drug-likeness (QED) is 0.680. The van der Waals surface area contributed by atoms with Gasteiger partial charge in [0.25, 0.3) is 0 Å². The second-order valence-electron chi connectivity index (χ2n) is 3.66. The first-order valence-corrected chi connectivity index (χ1v) is 4.54. The van der Waals surface area contributed by atoms with E-state index in [-0.39, 0.29) is 25.5 Å².